The van der Waals surface area contributed by atoms with Gasteiger partial charge >= 0.3 is 5.97 Å². The topological polar surface area (TPSA) is 102 Å². The summed E-state index contributed by atoms with van der Waals surface area (Å²) in [5.74, 6) is -1.94. The third kappa shape index (κ3) is 4.24. The van der Waals surface area contributed by atoms with E-state index in [0.717, 1.165) is 5.56 Å². The van der Waals surface area contributed by atoms with Crippen LogP contribution in [0.4, 0.5) is 0 Å². The summed E-state index contributed by atoms with van der Waals surface area (Å²) < 4.78 is 10.4. The highest BCUT2D eigenvalue weighted by Crippen LogP contribution is 2.24. The van der Waals surface area contributed by atoms with Gasteiger partial charge in [-0.15, -0.1) is 0 Å². The van der Waals surface area contributed by atoms with Gasteiger partial charge in [-0.2, -0.15) is 0 Å². The molecular weight excluding hydrogens is 324 g/mol. The maximum absolute atomic E-state index is 12.2. The second kappa shape index (κ2) is 7.94. The lowest BCUT2D eigenvalue weighted by atomic mass is 9.86. The van der Waals surface area contributed by atoms with Crippen molar-refractivity contribution in [2.24, 2.45) is 11.8 Å². The molecular formula is C18H20N2O5. The van der Waals surface area contributed by atoms with Gasteiger partial charge in [0.25, 0.3) is 5.91 Å². The zero-order chi connectivity index (χ0) is 17.6. The highest BCUT2D eigenvalue weighted by Gasteiger charge is 2.30. The molecule has 0 radical (unpaired) electrons. The van der Waals surface area contributed by atoms with E-state index in [0.29, 0.717) is 31.7 Å². The van der Waals surface area contributed by atoms with E-state index in [9.17, 15) is 14.7 Å². The summed E-state index contributed by atoms with van der Waals surface area (Å²) in [5, 5.41) is 16.0. The zero-order valence-corrected chi connectivity index (χ0v) is 13.7. The fourth-order valence-corrected chi connectivity index (χ4v) is 2.99. The Morgan fingerprint density at radius 2 is 1.96 bits per heavy atom. The number of aromatic nitrogens is 1. The molecule has 0 saturated carbocycles. The molecule has 25 heavy (non-hydrogen) atoms. The van der Waals surface area contributed by atoms with E-state index < -0.39 is 17.8 Å². The van der Waals surface area contributed by atoms with E-state index in [4.69, 9.17) is 9.26 Å². The largest absolute Gasteiger partial charge is 0.481 e. The summed E-state index contributed by atoms with van der Waals surface area (Å²) >= 11 is 0. The van der Waals surface area contributed by atoms with Crippen molar-refractivity contribution in [3.8, 4) is 11.3 Å². The molecule has 1 fully saturated rings. The number of aliphatic carboxylic acids is 1. The standard InChI is InChI=1S/C18H20N2O5/c21-17(16-10-15(20-25-16)13-4-2-1-3-5-13)19-11-14(18(22)23)12-6-8-24-9-7-12/h1-5,10,12,14H,6-9,11H2,(H,19,21)(H,22,23). The van der Waals surface area contributed by atoms with E-state index in [1.165, 1.54) is 0 Å². The number of rotatable bonds is 6. The van der Waals surface area contributed by atoms with Crippen molar-refractivity contribution in [1.82, 2.24) is 10.5 Å². The minimum Gasteiger partial charge on any atom is -0.481 e. The zero-order valence-electron chi connectivity index (χ0n) is 13.7. The Hall–Kier alpha value is -2.67. The van der Waals surface area contributed by atoms with Crippen molar-refractivity contribution in [2.45, 2.75) is 12.8 Å². The molecule has 2 N–H and O–H groups in total. The Kier molecular flexibility index (Phi) is 5.45. The fourth-order valence-electron chi connectivity index (χ4n) is 2.99. The maximum Gasteiger partial charge on any atom is 0.308 e. The van der Waals surface area contributed by atoms with Gasteiger partial charge in [0, 0.05) is 31.4 Å². The number of carbonyl (C=O) groups is 2. The Bertz CT molecular complexity index is 722. The average Bonchev–Trinajstić information content (AvgIpc) is 3.13. The van der Waals surface area contributed by atoms with Crippen LogP contribution in [0, 0.1) is 11.8 Å². The van der Waals surface area contributed by atoms with Gasteiger partial charge in [0.05, 0.1) is 5.92 Å². The van der Waals surface area contributed by atoms with Crippen LogP contribution in [0.2, 0.25) is 0 Å². The lowest BCUT2D eigenvalue weighted by Gasteiger charge is -2.27. The summed E-state index contributed by atoms with van der Waals surface area (Å²) in [4.78, 5) is 23.7. The molecule has 1 aromatic carbocycles. The second-order valence-electron chi connectivity index (χ2n) is 6.05. The smallest absolute Gasteiger partial charge is 0.308 e. The molecule has 0 aliphatic carbocycles. The molecule has 3 rings (SSSR count). The third-order valence-corrected chi connectivity index (χ3v) is 4.44. The molecule has 0 bridgehead atoms. The van der Waals surface area contributed by atoms with E-state index in [1.54, 1.807) is 6.07 Å². The number of carboxylic acid groups (broad SMARTS) is 1. The Morgan fingerprint density at radius 3 is 2.64 bits per heavy atom. The molecule has 2 aromatic rings. The summed E-state index contributed by atoms with van der Waals surface area (Å²) in [6, 6.07) is 10.9. The van der Waals surface area contributed by atoms with Crippen LogP contribution >= 0.6 is 0 Å². The van der Waals surface area contributed by atoms with Crippen LogP contribution in [0.5, 0.6) is 0 Å². The van der Waals surface area contributed by atoms with Crippen molar-refractivity contribution < 1.29 is 24.0 Å². The van der Waals surface area contributed by atoms with Crippen LogP contribution in [-0.2, 0) is 9.53 Å². The van der Waals surface area contributed by atoms with Crippen LogP contribution in [0.25, 0.3) is 11.3 Å². The molecule has 1 amide bonds. The number of carboxylic acids is 1. The number of ether oxygens (including phenoxy) is 1. The van der Waals surface area contributed by atoms with Crippen molar-refractivity contribution in [2.75, 3.05) is 19.8 Å². The maximum atomic E-state index is 12.2. The summed E-state index contributed by atoms with van der Waals surface area (Å²) in [6.45, 7) is 1.18. The Morgan fingerprint density at radius 1 is 1.24 bits per heavy atom. The van der Waals surface area contributed by atoms with Crippen LogP contribution in [0.15, 0.2) is 40.9 Å². The van der Waals surface area contributed by atoms with Gasteiger partial charge in [-0.05, 0) is 18.8 Å². The van der Waals surface area contributed by atoms with Crippen LogP contribution in [0.1, 0.15) is 23.4 Å². The first-order chi connectivity index (χ1) is 12.1. The Balaban J connectivity index is 1.61. The molecule has 7 heteroatoms. The molecule has 1 unspecified atom stereocenters. The predicted molar refractivity (Wildman–Crippen MR) is 88.9 cm³/mol. The first kappa shape index (κ1) is 17.2. The highest BCUT2D eigenvalue weighted by molar-refractivity contribution is 5.92. The first-order valence-electron chi connectivity index (χ1n) is 8.26. The van der Waals surface area contributed by atoms with Crippen LogP contribution in [-0.4, -0.2) is 41.9 Å². The summed E-state index contributed by atoms with van der Waals surface area (Å²) in [6.07, 6.45) is 1.38. The van der Waals surface area contributed by atoms with Crippen molar-refractivity contribution >= 4 is 11.9 Å². The van der Waals surface area contributed by atoms with Gasteiger partial charge in [-0.3, -0.25) is 9.59 Å². The van der Waals surface area contributed by atoms with Gasteiger partial charge in [-0.25, -0.2) is 0 Å². The number of amides is 1. The lowest BCUT2D eigenvalue weighted by molar-refractivity contribution is -0.144. The number of nitrogens with zero attached hydrogens (tertiary/aromatic N) is 1. The number of nitrogens with one attached hydrogen (secondary N) is 1. The first-order valence-corrected chi connectivity index (χ1v) is 8.26. The van der Waals surface area contributed by atoms with E-state index >= 15 is 0 Å². The second-order valence-corrected chi connectivity index (χ2v) is 6.05. The van der Waals surface area contributed by atoms with Gasteiger partial charge in [-0.1, -0.05) is 35.5 Å². The van der Waals surface area contributed by atoms with Crippen LogP contribution in [0.3, 0.4) is 0 Å². The quantitative estimate of drug-likeness (QED) is 0.833. The Labute approximate surface area is 145 Å². The number of benzene rings is 1. The minimum absolute atomic E-state index is 0.00107. The normalized spacial score (nSPS) is 16.3. The SMILES string of the molecule is O=C(NCC(C(=O)O)C1CCOCC1)c1cc(-c2ccccc2)no1. The van der Waals surface area contributed by atoms with Gasteiger partial charge < -0.3 is 19.7 Å². The van der Waals surface area contributed by atoms with Gasteiger partial charge in [0.1, 0.15) is 5.69 Å². The molecule has 1 saturated heterocycles. The van der Waals surface area contributed by atoms with E-state index in [2.05, 4.69) is 10.5 Å². The molecule has 1 aliphatic heterocycles. The number of carbonyl (C=O) groups excluding carboxylic acids is 1. The molecule has 1 aromatic heterocycles. The minimum atomic E-state index is -0.908. The van der Waals surface area contributed by atoms with Gasteiger partial charge in [0.15, 0.2) is 0 Å². The predicted octanol–water partition coefficient (Wildman–Crippen LogP) is 2.20. The van der Waals surface area contributed by atoms with Crippen molar-refractivity contribution in [1.29, 1.82) is 0 Å². The number of hydrogen-bond acceptors (Lipinski definition) is 5. The van der Waals surface area contributed by atoms with Crippen LogP contribution < -0.4 is 5.32 Å². The highest BCUT2D eigenvalue weighted by atomic mass is 16.5. The average molecular weight is 344 g/mol. The third-order valence-electron chi connectivity index (χ3n) is 4.44. The lowest BCUT2D eigenvalue weighted by Crippen LogP contribution is -2.38. The molecule has 1 atom stereocenters. The fraction of sp³-hybridized carbons (Fsp3) is 0.389. The molecule has 1 aliphatic rings. The van der Waals surface area contributed by atoms with Gasteiger partial charge in [0.2, 0.25) is 5.76 Å². The molecule has 7 nitrogen and oxygen atoms in total. The number of hydrogen-bond donors (Lipinski definition) is 2. The molecule has 132 valence electrons. The van der Waals surface area contributed by atoms with Crippen molar-refractivity contribution in [3.05, 3.63) is 42.2 Å². The van der Waals surface area contributed by atoms with Crippen molar-refractivity contribution in [3.63, 3.8) is 0 Å². The van der Waals surface area contributed by atoms with E-state index in [-0.39, 0.29) is 18.2 Å². The molecule has 0 spiro atoms. The molecule has 2 heterocycles. The van der Waals surface area contributed by atoms with E-state index in [1.807, 2.05) is 30.3 Å². The monoisotopic (exact) mass is 344 g/mol. The summed E-state index contributed by atoms with van der Waals surface area (Å²) in [5.41, 5.74) is 1.40. The summed E-state index contributed by atoms with van der Waals surface area (Å²) in [7, 11) is 0.